The van der Waals surface area contributed by atoms with Gasteiger partial charge in [-0.1, -0.05) is 0 Å². The minimum atomic E-state index is -4.87. The van der Waals surface area contributed by atoms with Crippen molar-refractivity contribution in [2.45, 2.75) is 6.18 Å². The summed E-state index contributed by atoms with van der Waals surface area (Å²) in [6.07, 6.45) is -4.04. The number of nitrogens with one attached hydrogen (secondary N) is 1. The first-order chi connectivity index (χ1) is 9.32. The number of hydrogen-bond donors (Lipinski definition) is 1. The van der Waals surface area contributed by atoms with Crippen LogP contribution in [0.15, 0.2) is 24.4 Å². The molecule has 0 aliphatic rings. The summed E-state index contributed by atoms with van der Waals surface area (Å²) >= 11 is 0. The lowest BCUT2D eigenvalue weighted by molar-refractivity contribution is -0.139. The Hall–Kier alpha value is -2.25. The van der Waals surface area contributed by atoms with Gasteiger partial charge >= 0.3 is 6.18 Å². The normalized spacial score (nSPS) is 11.5. The quantitative estimate of drug-likeness (QED) is 0.860. The van der Waals surface area contributed by atoms with Crippen LogP contribution in [0.25, 0.3) is 11.3 Å². The lowest BCUT2D eigenvalue weighted by Gasteiger charge is -2.10. The molecule has 0 radical (unpaired) electrons. The van der Waals surface area contributed by atoms with Crippen LogP contribution in [0.1, 0.15) is 5.56 Å². The van der Waals surface area contributed by atoms with Crippen LogP contribution in [0.4, 0.5) is 27.9 Å². The first-order valence-electron chi connectivity index (χ1n) is 5.40. The van der Waals surface area contributed by atoms with Crippen molar-refractivity contribution >= 4 is 5.95 Å². The van der Waals surface area contributed by atoms with Crippen LogP contribution < -0.4 is 5.32 Å². The number of nitrogens with zero attached hydrogens (tertiary/aromatic N) is 2. The second-order valence-corrected chi connectivity index (χ2v) is 3.83. The second kappa shape index (κ2) is 5.03. The fourth-order valence-electron chi connectivity index (χ4n) is 1.58. The molecule has 8 heteroatoms. The molecule has 0 amide bonds. The van der Waals surface area contributed by atoms with Crippen molar-refractivity contribution in [3.05, 3.63) is 41.6 Å². The highest BCUT2D eigenvalue weighted by Gasteiger charge is 2.34. The van der Waals surface area contributed by atoms with Crippen molar-refractivity contribution in [3.8, 4) is 11.3 Å². The summed E-state index contributed by atoms with van der Waals surface area (Å²) in [5.74, 6) is -2.28. The molecule has 0 saturated heterocycles. The summed E-state index contributed by atoms with van der Waals surface area (Å²) < 4.78 is 64.6. The number of aromatic nitrogens is 2. The molecule has 1 aromatic heterocycles. The van der Waals surface area contributed by atoms with Crippen molar-refractivity contribution in [2.75, 3.05) is 12.4 Å². The highest BCUT2D eigenvalue weighted by Crippen LogP contribution is 2.34. The minimum absolute atomic E-state index is 0.0410. The molecule has 1 heterocycles. The van der Waals surface area contributed by atoms with E-state index in [1.54, 1.807) is 0 Å². The Morgan fingerprint density at radius 3 is 2.40 bits per heavy atom. The van der Waals surface area contributed by atoms with E-state index in [0.29, 0.717) is 12.1 Å². The van der Waals surface area contributed by atoms with Gasteiger partial charge in [0.2, 0.25) is 5.95 Å². The third-order valence-electron chi connectivity index (χ3n) is 2.51. The van der Waals surface area contributed by atoms with Gasteiger partial charge in [0, 0.05) is 12.6 Å². The van der Waals surface area contributed by atoms with Crippen LogP contribution in [-0.4, -0.2) is 17.0 Å². The van der Waals surface area contributed by atoms with Crippen molar-refractivity contribution in [1.29, 1.82) is 0 Å². The first-order valence-corrected chi connectivity index (χ1v) is 5.40. The van der Waals surface area contributed by atoms with Crippen LogP contribution in [0.2, 0.25) is 0 Å². The monoisotopic (exact) mass is 289 g/mol. The van der Waals surface area contributed by atoms with E-state index in [2.05, 4.69) is 15.3 Å². The largest absolute Gasteiger partial charge is 0.419 e. The molecule has 0 aliphatic carbocycles. The molecule has 20 heavy (non-hydrogen) atoms. The van der Waals surface area contributed by atoms with Crippen molar-refractivity contribution in [1.82, 2.24) is 9.97 Å². The zero-order chi connectivity index (χ0) is 14.9. The molecule has 2 rings (SSSR count). The zero-order valence-corrected chi connectivity index (χ0v) is 10.1. The number of hydrogen-bond acceptors (Lipinski definition) is 3. The summed E-state index contributed by atoms with van der Waals surface area (Å²) in [7, 11) is 1.48. The summed E-state index contributed by atoms with van der Waals surface area (Å²) in [4.78, 5) is 7.30. The Bertz CT molecular complexity index is 639. The van der Waals surface area contributed by atoms with Gasteiger partial charge in [0.05, 0.1) is 11.8 Å². The van der Waals surface area contributed by atoms with Gasteiger partial charge in [-0.2, -0.15) is 13.2 Å². The summed E-state index contributed by atoms with van der Waals surface area (Å²) in [6.45, 7) is 0. The Labute approximate surface area is 110 Å². The predicted octanol–water partition coefficient (Wildman–Crippen LogP) is 3.48. The Morgan fingerprint density at radius 1 is 1.10 bits per heavy atom. The fourth-order valence-corrected chi connectivity index (χ4v) is 1.58. The van der Waals surface area contributed by atoms with E-state index in [9.17, 15) is 22.0 Å². The van der Waals surface area contributed by atoms with Crippen molar-refractivity contribution < 1.29 is 22.0 Å². The average Bonchev–Trinajstić information content (AvgIpc) is 2.39. The van der Waals surface area contributed by atoms with E-state index in [0.717, 1.165) is 12.3 Å². The number of benzene rings is 1. The zero-order valence-electron chi connectivity index (χ0n) is 10.1. The molecular weight excluding hydrogens is 281 g/mol. The first kappa shape index (κ1) is 14.2. The third kappa shape index (κ3) is 2.68. The fraction of sp³-hybridized carbons (Fsp3) is 0.167. The maximum absolute atomic E-state index is 13.6. The van der Waals surface area contributed by atoms with Gasteiger partial charge in [-0.05, 0) is 18.2 Å². The van der Waals surface area contributed by atoms with Gasteiger partial charge in [0.15, 0.2) is 5.82 Å². The molecule has 106 valence electrons. The second-order valence-electron chi connectivity index (χ2n) is 3.83. The minimum Gasteiger partial charge on any atom is -0.357 e. The standard InChI is InChI=1S/C12H8F5N3/c1-18-11-19-5-9(14)10(20-11)6-2-3-8(13)7(4-6)12(15,16)17/h2-5H,1H3,(H,18,19,20). The lowest BCUT2D eigenvalue weighted by Crippen LogP contribution is -2.08. The van der Waals surface area contributed by atoms with E-state index in [4.69, 9.17) is 0 Å². The molecule has 3 nitrogen and oxygen atoms in total. The maximum atomic E-state index is 13.6. The van der Waals surface area contributed by atoms with Crippen molar-refractivity contribution in [2.24, 2.45) is 0 Å². The number of rotatable bonds is 2. The molecule has 2 aromatic rings. The van der Waals surface area contributed by atoms with Crippen LogP contribution in [0.3, 0.4) is 0 Å². The smallest absolute Gasteiger partial charge is 0.357 e. The highest BCUT2D eigenvalue weighted by atomic mass is 19.4. The molecule has 0 spiro atoms. The molecule has 1 N–H and O–H groups in total. The van der Waals surface area contributed by atoms with Crippen molar-refractivity contribution in [3.63, 3.8) is 0 Å². The summed E-state index contributed by atoms with van der Waals surface area (Å²) in [6, 6.07) is 2.16. The SMILES string of the molecule is CNc1ncc(F)c(-c2ccc(F)c(C(F)(F)F)c2)n1. The van der Waals surface area contributed by atoms with Gasteiger partial charge in [-0.15, -0.1) is 0 Å². The third-order valence-corrected chi connectivity index (χ3v) is 2.51. The Morgan fingerprint density at radius 2 is 1.80 bits per heavy atom. The van der Waals surface area contributed by atoms with E-state index in [-0.39, 0.29) is 17.2 Å². The Balaban J connectivity index is 2.59. The van der Waals surface area contributed by atoms with E-state index in [1.807, 2.05) is 0 Å². The summed E-state index contributed by atoms with van der Waals surface area (Å²) in [5, 5.41) is 2.54. The number of anilines is 1. The van der Waals surface area contributed by atoms with E-state index < -0.39 is 23.4 Å². The maximum Gasteiger partial charge on any atom is 0.419 e. The average molecular weight is 289 g/mol. The number of halogens is 5. The van der Waals surface area contributed by atoms with Gasteiger partial charge < -0.3 is 5.32 Å². The lowest BCUT2D eigenvalue weighted by atomic mass is 10.1. The molecule has 0 fully saturated rings. The molecule has 0 atom stereocenters. The topological polar surface area (TPSA) is 37.8 Å². The molecule has 0 saturated carbocycles. The molecule has 0 unspecified atom stereocenters. The molecule has 0 bridgehead atoms. The Kier molecular flexibility index (Phi) is 3.56. The summed E-state index contributed by atoms with van der Waals surface area (Å²) in [5.41, 5.74) is -2.00. The van der Waals surface area contributed by atoms with Crippen LogP contribution in [-0.2, 0) is 6.18 Å². The van der Waals surface area contributed by atoms with Crippen LogP contribution in [0, 0.1) is 11.6 Å². The van der Waals surface area contributed by atoms with Gasteiger partial charge in [0.25, 0.3) is 0 Å². The van der Waals surface area contributed by atoms with Crippen LogP contribution >= 0.6 is 0 Å². The van der Waals surface area contributed by atoms with Gasteiger partial charge in [-0.3, -0.25) is 0 Å². The van der Waals surface area contributed by atoms with Gasteiger partial charge in [0.1, 0.15) is 11.5 Å². The molecular formula is C12H8F5N3. The predicted molar refractivity (Wildman–Crippen MR) is 61.9 cm³/mol. The highest BCUT2D eigenvalue weighted by molar-refractivity contribution is 5.62. The molecule has 1 aromatic carbocycles. The number of alkyl halides is 3. The van der Waals surface area contributed by atoms with E-state index in [1.165, 1.54) is 7.05 Å². The molecule has 0 aliphatic heterocycles. The van der Waals surface area contributed by atoms with E-state index >= 15 is 0 Å². The van der Waals surface area contributed by atoms with Crippen LogP contribution in [0.5, 0.6) is 0 Å². The van der Waals surface area contributed by atoms with Gasteiger partial charge in [-0.25, -0.2) is 18.7 Å².